The van der Waals surface area contributed by atoms with E-state index >= 15 is 0 Å². The first kappa shape index (κ1) is 16.4. The van der Waals surface area contributed by atoms with Crippen molar-refractivity contribution in [2.75, 3.05) is 6.54 Å². The van der Waals surface area contributed by atoms with Crippen LogP contribution in [0.15, 0.2) is 24.3 Å². The number of halogens is 1. The second-order valence-electron chi connectivity index (χ2n) is 6.29. The van der Waals surface area contributed by atoms with E-state index in [-0.39, 0.29) is 11.7 Å². The third kappa shape index (κ3) is 2.98. The Bertz CT molecular complexity index is 668. The number of nitrogens with one attached hydrogen (secondary N) is 1. The SMILES string of the molecule is C[C@@H](OC(=O)CN1C(=O)NC2(CCCC2)C1=O)c1ccc(F)cc1. The third-order valence-electron chi connectivity index (χ3n) is 4.64. The number of ether oxygens (including phenoxy) is 1. The molecule has 1 atom stereocenters. The Hall–Kier alpha value is -2.44. The summed E-state index contributed by atoms with van der Waals surface area (Å²) in [5.41, 5.74) is -0.200. The molecule has 7 heteroatoms. The van der Waals surface area contributed by atoms with E-state index in [1.807, 2.05) is 0 Å². The number of amides is 3. The van der Waals surface area contributed by atoms with Gasteiger partial charge in [0.15, 0.2) is 0 Å². The van der Waals surface area contributed by atoms with Gasteiger partial charge < -0.3 is 10.1 Å². The maximum absolute atomic E-state index is 12.9. The standard InChI is InChI=1S/C17H19FN2O4/c1-11(12-4-6-13(18)7-5-12)24-14(21)10-20-15(22)17(19-16(20)23)8-2-3-9-17/h4-7,11H,2-3,8-10H2,1H3,(H,19,23)/t11-/m1/s1. The van der Waals surface area contributed by atoms with Crippen molar-refractivity contribution in [3.05, 3.63) is 35.6 Å². The van der Waals surface area contributed by atoms with Crippen LogP contribution < -0.4 is 5.32 Å². The molecule has 3 rings (SSSR count). The number of esters is 1. The summed E-state index contributed by atoms with van der Waals surface area (Å²) in [6.45, 7) is 1.23. The molecule has 0 unspecified atom stereocenters. The van der Waals surface area contributed by atoms with Crippen LogP contribution in [0.3, 0.4) is 0 Å². The molecule has 1 saturated heterocycles. The maximum Gasteiger partial charge on any atom is 0.326 e. The highest BCUT2D eigenvalue weighted by Gasteiger charge is 2.52. The van der Waals surface area contributed by atoms with Gasteiger partial charge in [0, 0.05) is 0 Å². The van der Waals surface area contributed by atoms with E-state index in [2.05, 4.69) is 5.32 Å². The predicted octanol–water partition coefficient (Wildman–Crippen LogP) is 2.29. The monoisotopic (exact) mass is 334 g/mol. The minimum Gasteiger partial charge on any atom is -0.456 e. The van der Waals surface area contributed by atoms with Crippen LogP contribution in [0.25, 0.3) is 0 Å². The topological polar surface area (TPSA) is 75.7 Å². The Morgan fingerprint density at radius 3 is 2.54 bits per heavy atom. The van der Waals surface area contributed by atoms with Crippen molar-refractivity contribution in [2.45, 2.75) is 44.2 Å². The van der Waals surface area contributed by atoms with Gasteiger partial charge in [0.1, 0.15) is 24.0 Å². The highest BCUT2D eigenvalue weighted by atomic mass is 19.1. The van der Waals surface area contributed by atoms with Crippen molar-refractivity contribution in [1.82, 2.24) is 10.2 Å². The van der Waals surface area contributed by atoms with Crippen molar-refractivity contribution in [3.63, 3.8) is 0 Å². The zero-order valence-electron chi connectivity index (χ0n) is 13.4. The molecule has 6 nitrogen and oxygen atoms in total. The summed E-state index contributed by atoms with van der Waals surface area (Å²) in [5, 5.41) is 2.71. The molecule has 1 saturated carbocycles. The molecule has 3 amide bonds. The number of nitrogens with zero attached hydrogens (tertiary/aromatic N) is 1. The molecular formula is C17H19FN2O4. The summed E-state index contributed by atoms with van der Waals surface area (Å²) in [6.07, 6.45) is 2.38. The molecule has 0 bridgehead atoms. The van der Waals surface area contributed by atoms with Crippen LogP contribution in [0.1, 0.15) is 44.3 Å². The zero-order chi connectivity index (χ0) is 17.3. The van der Waals surface area contributed by atoms with E-state index in [4.69, 9.17) is 4.74 Å². The lowest BCUT2D eigenvalue weighted by Crippen LogP contribution is -2.44. The average Bonchev–Trinajstić information content (AvgIpc) is 3.09. The van der Waals surface area contributed by atoms with Crippen LogP contribution in [0, 0.1) is 5.82 Å². The van der Waals surface area contributed by atoms with Crippen LogP contribution in [-0.2, 0) is 14.3 Å². The van der Waals surface area contributed by atoms with Crippen LogP contribution in [-0.4, -0.2) is 34.9 Å². The second kappa shape index (κ2) is 6.22. The number of hydrogen-bond donors (Lipinski definition) is 1. The first-order valence-corrected chi connectivity index (χ1v) is 8.00. The molecular weight excluding hydrogens is 315 g/mol. The molecule has 1 aromatic carbocycles. The van der Waals surface area contributed by atoms with Crippen molar-refractivity contribution in [3.8, 4) is 0 Å². The molecule has 1 aliphatic heterocycles. The van der Waals surface area contributed by atoms with E-state index in [0.29, 0.717) is 18.4 Å². The number of carbonyl (C=O) groups excluding carboxylic acids is 3. The lowest BCUT2D eigenvalue weighted by atomic mass is 9.98. The number of carbonyl (C=O) groups is 3. The summed E-state index contributed by atoms with van der Waals surface area (Å²) in [5.74, 6) is -1.40. The van der Waals surface area contributed by atoms with Gasteiger partial charge in [0.05, 0.1) is 0 Å². The van der Waals surface area contributed by atoms with Crippen molar-refractivity contribution >= 4 is 17.9 Å². The zero-order valence-corrected chi connectivity index (χ0v) is 13.4. The first-order valence-electron chi connectivity index (χ1n) is 8.00. The molecule has 128 valence electrons. The number of benzene rings is 1. The van der Waals surface area contributed by atoms with Gasteiger partial charge in [0.2, 0.25) is 0 Å². The average molecular weight is 334 g/mol. The van der Waals surface area contributed by atoms with Crippen molar-refractivity contribution < 1.29 is 23.5 Å². The fourth-order valence-electron chi connectivity index (χ4n) is 3.30. The van der Waals surface area contributed by atoms with E-state index < -0.39 is 30.2 Å². The second-order valence-corrected chi connectivity index (χ2v) is 6.29. The van der Waals surface area contributed by atoms with Gasteiger partial charge in [-0.2, -0.15) is 0 Å². The largest absolute Gasteiger partial charge is 0.456 e. The lowest BCUT2D eigenvalue weighted by Gasteiger charge is -2.20. The summed E-state index contributed by atoms with van der Waals surface area (Å²) in [6, 6.07) is 5.05. The number of rotatable bonds is 4. The summed E-state index contributed by atoms with van der Waals surface area (Å²) < 4.78 is 18.2. The smallest absolute Gasteiger partial charge is 0.326 e. The van der Waals surface area contributed by atoms with Gasteiger partial charge in [-0.15, -0.1) is 0 Å². The van der Waals surface area contributed by atoms with E-state index in [1.165, 1.54) is 24.3 Å². The Morgan fingerprint density at radius 1 is 1.29 bits per heavy atom. The highest BCUT2D eigenvalue weighted by Crippen LogP contribution is 2.35. The fraction of sp³-hybridized carbons (Fsp3) is 0.471. The molecule has 1 spiro atoms. The Balaban J connectivity index is 1.61. The molecule has 2 aliphatic rings. The molecule has 24 heavy (non-hydrogen) atoms. The van der Waals surface area contributed by atoms with E-state index in [1.54, 1.807) is 6.92 Å². The number of hydrogen-bond acceptors (Lipinski definition) is 4. The maximum atomic E-state index is 12.9. The first-order chi connectivity index (χ1) is 11.4. The Kier molecular flexibility index (Phi) is 4.26. The fourth-order valence-corrected chi connectivity index (χ4v) is 3.30. The lowest BCUT2D eigenvalue weighted by molar-refractivity contribution is -0.152. The van der Waals surface area contributed by atoms with E-state index in [0.717, 1.165) is 17.7 Å². The molecule has 2 fully saturated rings. The van der Waals surface area contributed by atoms with Gasteiger partial charge in [-0.3, -0.25) is 14.5 Å². The summed E-state index contributed by atoms with van der Waals surface area (Å²) in [7, 11) is 0. The van der Waals surface area contributed by atoms with Crippen LogP contribution in [0.5, 0.6) is 0 Å². The van der Waals surface area contributed by atoms with Crippen molar-refractivity contribution in [2.24, 2.45) is 0 Å². The quantitative estimate of drug-likeness (QED) is 0.677. The van der Waals surface area contributed by atoms with Gasteiger partial charge in [-0.25, -0.2) is 9.18 Å². The Morgan fingerprint density at radius 2 is 1.92 bits per heavy atom. The predicted molar refractivity (Wildman–Crippen MR) is 82.4 cm³/mol. The third-order valence-corrected chi connectivity index (χ3v) is 4.64. The summed E-state index contributed by atoms with van der Waals surface area (Å²) >= 11 is 0. The molecule has 1 aliphatic carbocycles. The normalized spacial score (nSPS) is 20.3. The molecule has 0 radical (unpaired) electrons. The minimum atomic E-state index is -0.833. The molecule has 1 aromatic rings. The van der Waals surface area contributed by atoms with Crippen molar-refractivity contribution in [1.29, 1.82) is 0 Å². The highest BCUT2D eigenvalue weighted by molar-refractivity contribution is 6.08. The molecule has 1 N–H and O–H groups in total. The summed E-state index contributed by atoms with van der Waals surface area (Å²) in [4.78, 5) is 37.5. The van der Waals surface area contributed by atoms with Crippen LogP contribution in [0.2, 0.25) is 0 Å². The van der Waals surface area contributed by atoms with Gasteiger partial charge in [-0.05, 0) is 37.5 Å². The van der Waals surface area contributed by atoms with Gasteiger partial charge in [0.25, 0.3) is 5.91 Å². The van der Waals surface area contributed by atoms with Crippen LogP contribution in [0.4, 0.5) is 9.18 Å². The molecule has 0 aromatic heterocycles. The Labute approximate surface area is 139 Å². The number of urea groups is 1. The van der Waals surface area contributed by atoms with E-state index in [9.17, 15) is 18.8 Å². The molecule has 1 heterocycles. The number of imide groups is 1. The van der Waals surface area contributed by atoms with Gasteiger partial charge >= 0.3 is 12.0 Å². The van der Waals surface area contributed by atoms with Crippen LogP contribution >= 0.6 is 0 Å². The van der Waals surface area contributed by atoms with Gasteiger partial charge in [-0.1, -0.05) is 25.0 Å². The minimum absolute atomic E-state index is 0.351.